The molecule has 0 aromatic heterocycles. The third-order valence-corrected chi connectivity index (χ3v) is 6.45. The third-order valence-electron chi connectivity index (χ3n) is 6.45. The molecule has 0 aliphatic heterocycles. The Bertz CT molecular complexity index is 1620. The van der Waals surface area contributed by atoms with Crippen LogP contribution in [0.1, 0.15) is 28.3 Å². The SMILES string of the molecule is COc1cc(C(Nc2ccc(C#N)cc2)C(=O)NCc2ccccc2)c(NC(=O)CNC(=O)O)cc1OCc1ccccc1. The molecule has 0 saturated carbocycles. The Morgan fingerprint density at radius 1 is 0.864 bits per heavy atom. The first kappa shape index (κ1) is 30.9. The molecule has 11 nitrogen and oxygen atoms in total. The number of benzene rings is 4. The highest BCUT2D eigenvalue weighted by molar-refractivity contribution is 5.97. The van der Waals surface area contributed by atoms with E-state index in [0.717, 1.165) is 11.1 Å². The lowest BCUT2D eigenvalue weighted by molar-refractivity contribution is -0.122. The second-order valence-electron chi connectivity index (χ2n) is 9.54. The van der Waals surface area contributed by atoms with E-state index in [0.29, 0.717) is 28.3 Å². The van der Waals surface area contributed by atoms with Crippen molar-refractivity contribution in [3.8, 4) is 17.6 Å². The molecule has 11 heteroatoms. The zero-order valence-corrected chi connectivity index (χ0v) is 23.9. The Balaban J connectivity index is 1.73. The van der Waals surface area contributed by atoms with Crippen LogP contribution in [0.2, 0.25) is 0 Å². The van der Waals surface area contributed by atoms with Gasteiger partial charge < -0.3 is 35.8 Å². The fourth-order valence-corrected chi connectivity index (χ4v) is 4.26. The lowest BCUT2D eigenvalue weighted by Crippen LogP contribution is -2.35. The minimum atomic E-state index is -1.36. The lowest BCUT2D eigenvalue weighted by atomic mass is 10.0. The van der Waals surface area contributed by atoms with Gasteiger partial charge in [0.15, 0.2) is 11.5 Å². The average Bonchev–Trinajstić information content (AvgIpc) is 3.05. The van der Waals surface area contributed by atoms with E-state index in [-0.39, 0.29) is 18.8 Å². The molecular weight excluding hydrogens is 562 g/mol. The predicted molar refractivity (Wildman–Crippen MR) is 164 cm³/mol. The molecule has 0 spiro atoms. The molecule has 1 unspecified atom stereocenters. The summed E-state index contributed by atoms with van der Waals surface area (Å²) in [6, 6.07) is 29.5. The number of carbonyl (C=O) groups is 3. The van der Waals surface area contributed by atoms with Crippen LogP contribution < -0.4 is 30.7 Å². The topological polar surface area (TPSA) is 162 Å². The van der Waals surface area contributed by atoms with Gasteiger partial charge >= 0.3 is 6.09 Å². The van der Waals surface area contributed by atoms with Crippen LogP contribution in [0.4, 0.5) is 16.2 Å². The predicted octanol–water partition coefficient (Wildman–Crippen LogP) is 4.82. The number of nitrogens with one attached hydrogen (secondary N) is 4. The van der Waals surface area contributed by atoms with Crippen LogP contribution >= 0.6 is 0 Å². The lowest BCUT2D eigenvalue weighted by Gasteiger charge is -2.24. The summed E-state index contributed by atoms with van der Waals surface area (Å²) in [6.07, 6.45) is -1.36. The molecule has 0 aliphatic carbocycles. The zero-order chi connectivity index (χ0) is 31.3. The van der Waals surface area contributed by atoms with Crippen LogP contribution in [0.5, 0.6) is 11.5 Å². The summed E-state index contributed by atoms with van der Waals surface area (Å²) in [5.41, 5.74) is 3.29. The summed E-state index contributed by atoms with van der Waals surface area (Å²) < 4.78 is 11.7. The summed E-state index contributed by atoms with van der Waals surface area (Å²) in [6.45, 7) is -0.0746. The molecule has 0 fully saturated rings. The quantitative estimate of drug-likeness (QED) is 0.147. The summed E-state index contributed by atoms with van der Waals surface area (Å²) in [7, 11) is 1.46. The molecule has 4 aromatic carbocycles. The summed E-state index contributed by atoms with van der Waals surface area (Å²) in [5, 5.41) is 29.1. The van der Waals surface area contributed by atoms with E-state index in [1.165, 1.54) is 13.2 Å². The van der Waals surface area contributed by atoms with Gasteiger partial charge in [-0.1, -0.05) is 60.7 Å². The van der Waals surface area contributed by atoms with Gasteiger partial charge in [-0.2, -0.15) is 5.26 Å². The Morgan fingerprint density at radius 3 is 2.14 bits per heavy atom. The van der Waals surface area contributed by atoms with Crippen molar-refractivity contribution >= 4 is 29.3 Å². The highest BCUT2D eigenvalue weighted by atomic mass is 16.5. The van der Waals surface area contributed by atoms with Crippen molar-refractivity contribution < 1.29 is 29.0 Å². The fraction of sp³-hybridized carbons (Fsp3) is 0.152. The molecule has 224 valence electrons. The van der Waals surface area contributed by atoms with Crippen LogP contribution in [0, 0.1) is 11.3 Å². The van der Waals surface area contributed by atoms with Gasteiger partial charge in [0.2, 0.25) is 11.8 Å². The molecule has 0 aliphatic rings. The van der Waals surface area contributed by atoms with E-state index in [9.17, 15) is 19.6 Å². The largest absolute Gasteiger partial charge is 0.493 e. The number of methoxy groups -OCH3 is 1. The number of ether oxygens (including phenoxy) is 2. The van der Waals surface area contributed by atoms with Crippen molar-refractivity contribution in [2.75, 3.05) is 24.3 Å². The number of rotatable bonds is 13. The van der Waals surface area contributed by atoms with Gasteiger partial charge in [-0.3, -0.25) is 9.59 Å². The number of carboxylic acid groups (broad SMARTS) is 1. The number of nitriles is 1. The first-order chi connectivity index (χ1) is 21.4. The minimum absolute atomic E-state index is 0.201. The molecular formula is C33H31N5O6. The number of anilines is 2. The molecule has 4 aromatic rings. The Morgan fingerprint density at radius 2 is 1.52 bits per heavy atom. The second kappa shape index (κ2) is 15.3. The standard InChI is InChI=1S/C33H31N5O6/c1-43-28-16-26(27(38-30(39)20-36-33(41)42)17-29(28)44-21-24-10-6-3-7-11-24)31(37-25-14-12-22(18-34)13-15-25)32(40)35-19-23-8-4-2-5-9-23/h2-17,31,36-37H,19-21H2,1H3,(H,35,40)(H,38,39)(H,41,42). The highest BCUT2D eigenvalue weighted by Crippen LogP contribution is 2.38. The van der Waals surface area contributed by atoms with E-state index in [1.807, 2.05) is 66.0 Å². The van der Waals surface area contributed by atoms with Gasteiger partial charge in [-0.05, 0) is 41.5 Å². The number of amides is 3. The number of hydrogen-bond acceptors (Lipinski definition) is 7. The Kier molecular flexibility index (Phi) is 10.7. The Labute approximate surface area is 254 Å². The molecule has 0 radical (unpaired) electrons. The van der Waals surface area contributed by atoms with Crippen molar-refractivity contribution in [1.82, 2.24) is 10.6 Å². The molecule has 44 heavy (non-hydrogen) atoms. The molecule has 4 rings (SSSR count). The van der Waals surface area contributed by atoms with Crippen molar-refractivity contribution in [2.45, 2.75) is 19.2 Å². The number of hydrogen-bond donors (Lipinski definition) is 5. The molecule has 0 saturated heterocycles. The minimum Gasteiger partial charge on any atom is -0.493 e. The monoisotopic (exact) mass is 593 g/mol. The Hall–Kier alpha value is -6.02. The summed E-state index contributed by atoms with van der Waals surface area (Å²) >= 11 is 0. The first-order valence-corrected chi connectivity index (χ1v) is 13.6. The van der Waals surface area contributed by atoms with E-state index < -0.39 is 30.5 Å². The molecule has 1 atom stereocenters. The van der Waals surface area contributed by atoms with E-state index in [4.69, 9.17) is 14.6 Å². The van der Waals surface area contributed by atoms with E-state index in [1.54, 1.807) is 30.3 Å². The molecule has 3 amide bonds. The van der Waals surface area contributed by atoms with E-state index in [2.05, 4.69) is 22.0 Å². The highest BCUT2D eigenvalue weighted by Gasteiger charge is 2.27. The smallest absolute Gasteiger partial charge is 0.405 e. The van der Waals surface area contributed by atoms with Crippen LogP contribution in [-0.4, -0.2) is 36.7 Å². The van der Waals surface area contributed by atoms with Gasteiger partial charge in [0.1, 0.15) is 19.2 Å². The van der Waals surface area contributed by atoms with Gasteiger partial charge in [-0.15, -0.1) is 0 Å². The molecule has 0 heterocycles. The maximum Gasteiger partial charge on any atom is 0.405 e. The van der Waals surface area contributed by atoms with Crippen LogP contribution in [-0.2, 0) is 22.7 Å². The van der Waals surface area contributed by atoms with Gasteiger partial charge in [0, 0.05) is 23.9 Å². The van der Waals surface area contributed by atoms with Gasteiger partial charge in [-0.25, -0.2) is 4.79 Å². The average molecular weight is 594 g/mol. The van der Waals surface area contributed by atoms with Crippen LogP contribution in [0.15, 0.2) is 97.1 Å². The van der Waals surface area contributed by atoms with Crippen molar-refractivity contribution in [3.05, 3.63) is 119 Å². The van der Waals surface area contributed by atoms with Gasteiger partial charge in [0.05, 0.1) is 24.4 Å². The molecule has 0 bridgehead atoms. The second-order valence-corrected chi connectivity index (χ2v) is 9.54. The van der Waals surface area contributed by atoms with Crippen molar-refractivity contribution in [2.24, 2.45) is 0 Å². The van der Waals surface area contributed by atoms with Crippen molar-refractivity contribution in [3.63, 3.8) is 0 Å². The fourth-order valence-electron chi connectivity index (χ4n) is 4.26. The maximum absolute atomic E-state index is 13.8. The molecule has 5 N–H and O–H groups in total. The van der Waals surface area contributed by atoms with E-state index >= 15 is 0 Å². The number of nitrogens with zero attached hydrogens (tertiary/aromatic N) is 1. The summed E-state index contributed by atoms with van der Waals surface area (Å²) in [4.78, 5) is 37.6. The third kappa shape index (κ3) is 8.74. The van der Waals surface area contributed by atoms with Crippen LogP contribution in [0.25, 0.3) is 0 Å². The first-order valence-electron chi connectivity index (χ1n) is 13.6. The van der Waals surface area contributed by atoms with Crippen LogP contribution in [0.3, 0.4) is 0 Å². The maximum atomic E-state index is 13.8. The summed E-state index contributed by atoms with van der Waals surface area (Å²) in [5.74, 6) is -0.476. The normalized spacial score (nSPS) is 10.9. The van der Waals surface area contributed by atoms with Gasteiger partial charge in [0.25, 0.3) is 0 Å². The van der Waals surface area contributed by atoms with Crippen molar-refractivity contribution in [1.29, 1.82) is 5.26 Å². The number of carbonyl (C=O) groups excluding carboxylic acids is 2. The zero-order valence-electron chi connectivity index (χ0n) is 23.9.